The van der Waals surface area contributed by atoms with E-state index in [0.29, 0.717) is 17.9 Å². The summed E-state index contributed by atoms with van der Waals surface area (Å²) in [4.78, 5) is 37.8. The van der Waals surface area contributed by atoms with E-state index in [1.54, 1.807) is 18.2 Å². The number of hydrogen-bond donors (Lipinski definition) is 0. The van der Waals surface area contributed by atoms with Gasteiger partial charge in [0.25, 0.3) is 11.8 Å². The molecule has 1 heterocycles. The van der Waals surface area contributed by atoms with Crippen LogP contribution in [-0.4, -0.2) is 17.6 Å². The second-order valence-corrected chi connectivity index (χ2v) is 13.4. The van der Waals surface area contributed by atoms with Crippen LogP contribution in [-0.2, 0) is 20.9 Å². The molecule has 0 N–H and O–H groups in total. The first-order valence-electron chi connectivity index (χ1n) is 18.8. The number of ether oxygens (including phenoxy) is 1. The summed E-state index contributed by atoms with van der Waals surface area (Å²) < 4.78 is 19.7. The van der Waals surface area contributed by atoms with Crippen LogP contribution in [0.25, 0.3) is 6.08 Å². The van der Waals surface area contributed by atoms with Crippen molar-refractivity contribution in [2.24, 2.45) is 0 Å². The van der Waals surface area contributed by atoms with Crippen LogP contribution in [0.2, 0.25) is 0 Å². The number of halogens is 1. The number of hydrogen-bond acceptors (Lipinski definition) is 4. The average Bonchev–Trinajstić information content (AvgIpc) is 3.47. The van der Waals surface area contributed by atoms with Crippen LogP contribution in [0.5, 0.6) is 0 Å². The molecular formula is C44H54FNO4. The van der Waals surface area contributed by atoms with Crippen molar-refractivity contribution < 1.29 is 23.5 Å². The van der Waals surface area contributed by atoms with Crippen LogP contribution in [0.15, 0.2) is 91.0 Å². The average molecular weight is 680 g/mol. The van der Waals surface area contributed by atoms with E-state index >= 15 is 0 Å². The van der Waals surface area contributed by atoms with Gasteiger partial charge in [-0.1, -0.05) is 146 Å². The Morgan fingerprint density at radius 2 is 1.20 bits per heavy atom. The number of amides is 2. The van der Waals surface area contributed by atoms with Crippen molar-refractivity contribution in [3.63, 3.8) is 0 Å². The van der Waals surface area contributed by atoms with Crippen molar-refractivity contribution in [3.05, 3.63) is 119 Å². The highest BCUT2D eigenvalue weighted by molar-refractivity contribution is 6.28. The zero-order valence-corrected chi connectivity index (χ0v) is 29.8. The zero-order chi connectivity index (χ0) is 35.4. The fourth-order valence-electron chi connectivity index (χ4n) is 6.34. The minimum atomic E-state index is -0.369. The van der Waals surface area contributed by atoms with Crippen LogP contribution in [0.4, 0.5) is 10.1 Å². The first kappa shape index (κ1) is 38.6. The van der Waals surface area contributed by atoms with Gasteiger partial charge in [0.05, 0.1) is 18.4 Å². The van der Waals surface area contributed by atoms with E-state index < -0.39 is 0 Å². The third-order valence-electron chi connectivity index (χ3n) is 9.39. The van der Waals surface area contributed by atoms with Crippen molar-refractivity contribution in [1.29, 1.82) is 0 Å². The molecule has 1 unspecified atom stereocenters. The molecule has 0 aromatic heterocycles. The minimum absolute atomic E-state index is 0.0959. The molecule has 0 aliphatic carbocycles. The van der Waals surface area contributed by atoms with Crippen LogP contribution >= 0.6 is 0 Å². The molecule has 0 saturated carbocycles. The number of nitrogens with zero attached hydrogens (tertiary/aromatic N) is 1. The summed E-state index contributed by atoms with van der Waals surface area (Å²) in [6, 6.07) is 21.0. The first-order chi connectivity index (χ1) is 24.4. The van der Waals surface area contributed by atoms with E-state index in [4.69, 9.17) is 4.74 Å². The third kappa shape index (κ3) is 13.3. The van der Waals surface area contributed by atoms with Crippen LogP contribution in [0.1, 0.15) is 143 Å². The number of ketones is 1. The summed E-state index contributed by atoms with van der Waals surface area (Å²) in [5.41, 5.74) is 3.92. The molecule has 1 aliphatic heterocycles. The lowest BCUT2D eigenvalue weighted by Crippen LogP contribution is -2.29. The van der Waals surface area contributed by atoms with Crippen LogP contribution in [0, 0.1) is 5.82 Å². The van der Waals surface area contributed by atoms with Crippen LogP contribution < -0.4 is 4.90 Å². The Morgan fingerprint density at radius 3 is 1.74 bits per heavy atom. The number of carbonyl (C=O) groups excluding carboxylic acids is 3. The number of carbonyl (C=O) groups is 3. The Kier molecular flexibility index (Phi) is 16.9. The number of allylic oxidation sites excluding steroid dienone is 1. The Labute approximate surface area is 298 Å². The van der Waals surface area contributed by atoms with Crippen molar-refractivity contribution in [2.75, 3.05) is 4.90 Å². The van der Waals surface area contributed by atoms with Gasteiger partial charge in [0.1, 0.15) is 5.82 Å². The van der Waals surface area contributed by atoms with E-state index in [-0.39, 0.29) is 29.5 Å². The molecule has 4 rings (SSSR count). The fraction of sp³-hybridized carbons (Fsp3) is 0.432. The van der Waals surface area contributed by atoms with Crippen molar-refractivity contribution in [3.8, 4) is 0 Å². The van der Waals surface area contributed by atoms with E-state index in [9.17, 15) is 18.8 Å². The van der Waals surface area contributed by atoms with E-state index in [1.807, 2.05) is 24.3 Å². The molecule has 0 saturated heterocycles. The van der Waals surface area contributed by atoms with Crippen molar-refractivity contribution in [1.82, 2.24) is 0 Å². The van der Waals surface area contributed by atoms with Gasteiger partial charge in [-0.15, -0.1) is 0 Å². The van der Waals surface area contributed by atoms with E-state index in [1.165, 1.54) is 132 Å². The number of benzene rings is 3. The summed E-state index contributed by atoms with van der Waals surface area (Å²) in [6.07, 6.45) is 26.5. The molecule has 3 aromatic rings. The molecule has 0 radical (unpaired) electrons. The van der Waals surface area contributed by atoms with Crippen molar-refractivity contribution >= 4 is 29.4 Å². The molecule has 0 spiro atoms. The van der Waals surface area contributed by atoms with Gasteiger partial charge in [-0.25, -0.2) is 9.29 Å². The summed E-state index contributed by atoms with van der Waals surface area (Å²) in [5, 5.41) is 0. The lowest BCUT2D eigenvalue weighted by atomic mass is 9.99. The quantitative estimate of drug-likeness (QED) is 0.0409. The topological polar surface area (TPSA) is 63.7 Å². The zero-order valence-electron chi connectivity index (χ0n) is 29.8. The molecule has 266 valence electrons. The van der Waals surface area contributed by atoms with E-state index in [0.717, 1.165) is 34.4 Å². The predicted molar refractivity (Wildman–Crippen MR) is 201 cm³/mol. The van der Waals surface area contributed by atoms with Gasteiger partial charge in [-0.3, -0.25) is 14.4 Å². The smallest absolute Gasteiger partial charge is 0.258 e. The summed E-state index contributed by atoms with van der Waals surface area (Å²) in [5.74, 6) is -1.21. The van der Waals surface area contributed by atoms with Gasteiger partial charge in [-0.2, -0.15) is 0 Å². The maximum absolute atomic E-state index is 13.2. The van der Waals surface area contributed by atoms with Gasteiger partial charge >= 0.3 is 0 Å². The monoisotopic (exact) mass is 679 g/mol. The maximum atomic E-state index is 13.2. The third-order valence-corrected chi connectivity index (χ3v) is 9.39. The van der Waals surface area contributed by atoms with E-state index in [2.05, 4.69) is 19.1 Å². The summed E-state index contributed by atoms with van der Waals surface area (Å²) >= 11 is 0. The van der Waals surface area contributed by atoms with Gasteiger partial charge in [0.2, 0.25) is 0 Å². The van der Waals surface area contributed by atoms with Gasteiger partial charge < -0.3 is 4.74 Å². The maximum Gasteiger partial charge on any atom is 0.258 e. The SMILES string of the molecule is CCCCCCCCCCCCCCCCCC(OCc1ccc(N2C(=O)C=CC2=O)cc1)c1ccc(C=CC(=O)c2ccc(F)cc2)cc1. The number of rotatable bonds is 24. The van der Waals surface area contributed by atoms with Crippen LogP contribution in [0.3, 0.4) is 0 Å². The second-order valence-electron chi connectivity index (χ2n) is 13.4. The van der Waals surface area contributed by atoms with Gasteiger partial charge in [0, 0.05) is 17.7 Å². The first-order valence-corrected chi connectivity index (χ1v) is 18.8. The molecule has 50 heavy (non-hydrogen) atoms. The molecule has 1 aliphatic rings. The molecule has 0 fully saturated rings. The number of anilines is 1. The molecule has 6 heteroatoms. The molecule has 2 amide bonds. The number of imide groups is 1. The van der Waals surface area contributed by atoms with Gasteiger partial charge in [-0.05, 0) is 65.6 Å². The Balaban J connectivity index is 1.24. The molecule has 5 nitrogen and oxygen atoms in total. The molecule has 0 bridgehead atoms. The Morgan fingerprint density at radius 1 is 0.680 bits per heavy atom. The standard InChI is InChI=1S/C44H54FNO4/c1-2-3-4-5-6-7-8-9-10-11-12-13-14-15-16-17-42(50-34-36-20-29-40(30-21-36)46-43(48)32-33-44(46)49)38-23-18-35(19-24-38)22-31-41(47)37-25-27-39(45)28-26-37/h18-33,42H,2-17,34H2,1H3. The highest BCUT2D eigenvalue weighted by atomic mass is 19.1. The lowest BCUT2D eigenvalue weighted by molar-refractivity contribution is -0.119. The fourth-order valence-corrected chi connectivity index (χ4v) is 6.34. The molecule has 3 aromatic carbocycles. The Hall–Kier alpha value is -4.16. The largest absolute Gasteiger partial charge is 0.369 e. The summed E-state index contributed by atoms with van der Waals surface area (Å²) in [6.45, 7) is 2.67. The summed E-state index contributed by atoms with van der Waals surface area (Å²) in [7, 11) is 0. The second kappa shape index (κ2) is 21.8. The highest BCUT2D eigenvalue weighted by Crippen LogP contribution is 2.28. The molecule has 1 atom stereocenters. The predicted octanol–water partition coefficient (Wildman–Crippen LogP) is 11.7. The van der Waals surface area contributed by atoms with Crippen molar-refractivity contribution in [2.45, 2.75) is 122 Å². The number of unbranched alkanes of at least 4 members (excludes halogenated alkanes) is 14. The lowest BCUT2D eigenvalue weighted by Gasteiger charge is -2.19. The minimum Gasteiger partial charge on any atom is -0.369 e. The molecular weight excluding hydrogens is 625 g/mol. The highest BCUT2D eigenvalue weighted by Gasteiger charge is 2.25. The van der Waals surface area contributed by atoms with Gasteiger partial charge in [0.15, 0.2) is 5.78 Å². The normalized spacial score (nSPS) is 13.5. The Bertz CT molecular complexity index is 1510.